The fourth-order valence-electron chi connectivity index (χ4n) is 1.96. The van der Waals surface area contributed by atoms with Crippen LogP contribution in [-0.2, 0) is 4.74 Å². The molecular formula is C14H14N4O. The van der Waals surface area contributed by atoms with Crippen molar-refractivity contribution in [1.82, 2.24) is 0 Å². The summed E-state index contributed by atoms with van der Waals surface area (Å²) in [6.07, 6.45) is 1.17. The van der Waals surface area contributed by atoms with Crippen molar-refractivity contribution in [2.24, 2.45) is 5.10 Å². The smallest absolute Gasteiger partial charge is 0.219 e. The van der Waals surface area contributed by atoms with Gasteiger partial charge in [-0.3, -0.25) is 0 Å². The average Bonchev–Trinajstić information content (AvgIpc) is 2.90. The summed E-state index contributed by atoms with van der Waals surface area (Å²) in [5, 5.41) is 6.03. The number of rotatable bonds is 2. The van der Waals surface area contributed by atoms with E-state index in [1.54, 1.807) is 5.01 Å². The van der Waals surface area contributed by atoms with E-state index in [0.29, 0.717) is 0 Å². The van der Waals surface area contributed by atoms with E-state index < -0.39 is 0 Å². The predicted molar refractivity (Wildman–Crippen MR) is 76.5 cm³/mol. The minimum absolute atomic E-state index is 0.274. The molecule has 1 aliphatic heterocycles. The predicted octanol–water partition coefficient (Wildman–Crippen LogP) is 2.33. The molecule has 0 aromatic heterocycles. The molecule has 0 saturated heterocycles. The van der Waals surface area contributed by atoms with Gasteiger partial charge in [0.05, 0.1) is 5.69 Å². The van der Waals surface area contributed by atoms with Crippen LogP contribution in [0.15, 0.2) is 53.6 Å². The fourth-order valence-corrected chi connectivity index (χ4v) is 1.96. The van der Waals surface area contributed by atoms with Crippen molar-refractivity contribution < 1.29 is 4.74 Å². The summed E-state index contributed by atoms with van der Waals surface area (Å²) in [5.41, 5.74) is 14.7. The molecule has 1 aliphatic rings. The molecule has 0 aliphatic carbocycles. The zero-order valence-electron chi connectivity index (χ0n) is 10.2. The third-order valence-electron chi connectivity index (χ3n) is 2.96. The number of hydrogen-bond acceptors (Lipinski definition) is 5. The monoisotopic (exact) mass is 254 g/mol. The molecule has 5 nitrogen and oxygen atoms in total. The highest BCUT2D eigenvalue weighted by molar-refractivity contribution is 5.61. The van der Waals surface area contributed by atoms with Gasteiger partial charge in [-0.1, -0.05) is 12.1 Å². The lowest BCUT2D eigenvalue weighted by atomic mass is 10.1. The second-order valence-corrected chi connectivity index (χ2v) is 4.31. The van der Waals surface area contributed by atoms with Gasteiger partial charge in [-0.15, -0.1) is 5.10 Å². The van der Waals surface area contributed by atoms with Gasteiger partial charge >= 0.3 is 0 Å². The first-order valence-corrected chi connectivity index (χ1v) is 5.92. The highest BCUT2D eigenvalue weighted by Crippen LogP contribution is 2.31. The summed E-state index contributed by atoms with van der Waals surface area (Å²) in [4.78, 5) is 0. The Morgan fingerprint density at radius 3 is 2.11 bits per heavy atom. The third kappa shape index (κ3) is 2.18. The molecule has 3 rings (SSSR count). The van der Waals surface area contributed by atoms with Crippen LogP contribution in [0.4, 0.5) is 17.1 Å². The number of hydrogen-bond donors (Lipinski definition) is 2. The lowest BCUT2D eigenvalue weighted by molar-refractivity contribution is 0.227. The molecule has 0 fully saturated rings. The van der Waals surface area contributed by atoms with Gasteiger partial charge in [0.2, 0.25) is 6.23 Å². The third-order valence-corrected chi connectivity index (χ3v) is 2.96. The number of benzene rings is 2. The Kier molecular flexibility index (Phi) is 2.72. The van der Waals surface area contributed by atoms with E-state index in [-0.39, 0.29) is 6.23 Å². The first kappa shape index (κ1) is 11.4. The number of hydrazone groups is 1. The molecule has 96 valence electrons. The number of nitrogens with two attached hydrogens (primary N) is 2. The van der Waals surface area contributed by atoms with E-state index >= 15 is 0 Å². The topological polar surface area (TPSA) is 76.9 Å². The van der Waals surface area contributed by atoms with Crippen LogP contribution < -0.4 is 16.5 Å². The van der Waals surface area contributed by atoms with Crippen LogP contribution in [0.5, 0.6) is 0 Å². The van der Waals surface area contributed by atoms with Gasteiger partial charge in [0, 0.05) is 16.9 Å². The molecule has 1 unspecified atom stereocenters. The molecule has 0 radical (unpaired) electrons. The Hall–Kier alpha value is -2.69. The van der Waals surface area contributed by atoms with Crippen molar-refractivity contribution in [1.29, 1.82) is 0 Å². The van der Waals surface area contributed by atoms with Crippen molar-refractivity contribution in [2.75, 3.05) is 16.5 Å². The molecule has 2 aromatic rings. The Morgan fingerprint density at radius 1 is 0.895 bits per heavy atom. The van der Waals surface area contributed by atoms with E-state index in [4.69, 9.17) is 16.2 Å². The van der Waals surface area contributed by atoms with Gasteiger partial charge in [0.25, 0.3) is 0 Å². The molecule has 0 bridgehead atoms. The molecule has 4 N–H and O–H groups in total. The zero-order chi connectivity index (χ0) is 13.2. The summed E-state index contributed by atoms with van der Waals surface area (Å²) < 4.78 is 5.54. The van der Waals surface area contributed by atoms with Crippen molar-refractivity contribution in [3.05, 3.63) is 54.1 Å². The molecule has 1 atom stereocenters. The number of nitrogen functional groups attached to an aromatic ring is 2. The van der Waals surface area contributed by atoms with Crippen LogP contribution in [0.2, 0.25) is 0 Å². The minimum atomic E-state index is -0.274. The Morgan fingerprint density at radius 2 is 1.47 bits per heavy atom. The van der Waals surface area contributed by atoms with Crippen LogP contribution in [-0.4, -0.2) is 6.40 Å². The van der Waals surface area contributed by atoms with E-state index in [2.05, 4.69) is 5.10 Å². The molecule has 0 saturated carbocycles. The largest absolute Gasteiger partial charge is 0.452 e. The number of nitrogens with zero attached hydrogens (tertiary/aromatic N) is 2. The van der Waals surface area contributed by atoms with Crippen LogP contribution in [0.25, 0.3) is 0 Å². The molecule has 5 heteroatoms. The van der Waals surface area contributed by atoms with E-state index in [0.717, 1.165) is 22.6 Å². The highest BCUT2D eigenvalue weighted by atomic mass is 16.5. The van der Waals surface area contributed by atoms with Crippen molar-refractivity contribution >= 4 is 23.5 Å². The van der Waals surface area contributed by atoms with E-state index in [1.165, 1.54) is 6.40 Å². The average molecular weight is 254 g/mol. The lowest BCUT2D eigenvalue weighted by Gasteiger charge is -2.22. The summed E-state index contributed by atoms with van der Waals surface area (Å²) in [7, 11) is 0. The molecule has 0 spiro atoms. The van der Waals surface area contributed by atoms with Crippen LogP contribution >= 0.6 is 0 Å². The first-order valence-electron chi connectivity index (χ1n) is 5.92. The van der Waals surface area contributed by atoms with Crippen molar-refractivity contribution in [3.63, 3.8) is 0 Å². The maximum Gasteiger partial charge on any atom is 0.219 e. The number of anilines is 3. The molecular weight excluding hydrogens is 240 g/mol. The quantitative estimate of drug-likeness (QED) is 0.806. The van der Waals surface area contributed by atoms with Gasteiger partial charge in [-0.05, 0) is 36.4 Å². The van der Waals surface area contributed by atoms with E-state index in [1.807, 2.05) is 48.5 Å². The maximum absolute atomic E-state index is 5.69. The molecule has 2 aromatic carbocycles. The standard InChI is InChI=1S/C14H14N4O/c15-11-3-1-10(2-4-11)14-18(17-9-19-14)13-7-5-12(16)6-8-13/h1-9,14H,15-16H2. The van der Waals surface area contributed by atoms with Gasteiger partial charge < -0.3 is 16.2 Å². The molecule has 0 amide bonds. The highest BCUT2D eigenvalue weighted by Gasteiger charge is 2.25. The Bertz CT molecular complexity index is 592. The SMILES string of the molecule is Nc1ccc(C2OC=NN2c2ccc(N)cc2)cc1. The molecule has 1 heterocycles. The van der Waals surface area contributed by atoms with E-state index in [9.17, 15) is 0 Å². The second kappa shape index (κ2) is 4.53. The second-order valence-electron chi connectivity index (χ2n) is 4.31. The van der Waals surface area contributed by atoms with Gasteiger partial charge in [-0.25, -0.2) is 5.01 Å². The van der Waals surface area contributed by atoms with Gasteiger partial charge in [0.1, 0.15) is 0 Å². The van der Waals surface area contributed by atoms with Gasteiger partial charge in [0.15, 0.2) is 6.40 Å². The van der Waals surface area contributed by atoms with Crippen LogP contribution in [0.1, 0.15) is 11.8 Å². The summed E-state index contributed by atoms with van der Waals surface area (Å²) in [6.45, 7) is 0. The maximum atomic E-state index is 5.69. The molecule has 19 heavy (non-hydrogen) atoms. The first-order chi connectivity index (χ1) is 9.24. The van der Waals surface area contributed by atoms with Gasteiger partial charge in [-0.2, -0.15) is 0 Å². The number of ether oxygens (including phenoxy) is 1. The normalized spacial score (nSPS) is 17.5. The summed E-state index contributed by atoms with van der Waals surface area (Å²) in [6, 6.07) is 15.0. The van der Waals surface area contributed by atoms with Crippen LogP contribution in [0.3, 0.4) is 0 Å². The summed E-state index contributed by atoms with van der Waals surface area (Å²) in [5.74, 6) is 0. The fraction of sp³-hybridized carbons (Fsp3) is 0.0714. The Labute approximate surface area is 111 Å². The van der Waals surface area contributed by atoms with Crippen molar-refractivity contribution in [3.8, 4) is 0 Å². The minimum Gasteiger partial charge on any atom is -0.452 e. The Balaban J connectivity index is 1.90. The zero-order valence-corrected chi connectivity index (χ0v) is 10.2. The van der Waals surface area contributed by atoms with Crippen LogP contribution in [0, 0.1) is 0 Å². The lowest BCUT2D eigenvalue weighted by Crippen LogP contribution is -2.19. The summed E-state index contributed by atoms with van der Waals surface area (Å²) >= 11 is 0. The van der Waals surface area contributed by atoms with Crippen molar-refractivity contribution in [2.45, 2.75) is 6.23 Å².